The molecule has 0 atom stereocenters. The first-order valence-electron chi connectivity index (χ1n) is 7.67. The van der Waals surface area contributed by atoms with Crippen molar-refractivity contribution in [2.24, 2.45) is 0 Å². The van der Waals surface area contributed by atoms with Gasteiger partial charge in [-0.05, 0) is 64.0 Å². The average molecular weight is 387 g/mol. The maximum Gasteiger partial charge on any atom is 0.265 e. The Morgan fingerprint density at radius 1 is 1.04 bits per heavy atom. The number of aryl methyl sites for hydroxylation is 2. The molecule has 0 aliphatic carbocycles. The first-order chi connectivity index (χ1) is 11.6. The summed E-state index contributed by atoms with van der Waals surface area (Å²) in [6, 6.07) is 14.8. The molecule has 24 heavy (non-hydrogen) atoms. The Balaban J connectivity index is 1.79. The van der Waals surface area contributed by atoms with E-state index in [9.17, 15) is 9.18 Å². The molecule has 0 aliphatic heterocycles. The Labute approximate surface area is 147 Å². The summed E-state index contributed by atoms with van der Waals surface area (Å²) in [6.07, 6.45) is 3.52. The molecule has 5 heteroatoms. The first-order valence-corrected chi connectivity index (χ1v) is 8.46. The Bertz CT molecular complexity index is 908. The first kappa shape index (κ1) is 16.6. The van der Waals surface area contributed by atoms with Gasteiger partial charge in [0.2, 0.25) is 0 Å². The third kappa shape index (κ3) is 3.97. The van der Waals surface area contributed by atoms with Gasteiger partial charge in [0.25, 0.3) is 5.56 Å². The highest BCUT2D eigenvalue weighted by Gasteiger charge is 2.08. The monoisotopic (exact) mass is 386 g/mol. The van der Waals surface area contributed by atoms with Gasteiger partial charge in [-0.3, -0.25) is 4.79 Å². The van der Waals surface area contributed by atoms with Crippen LogP contribution in [0.25, 0.3) is 0 Å². The van der Waals surface area contributed by atoms with Gasteiger partial charge in [0.15, 0.2) is 0 Å². The molecule has 1 heterocycles. The van der Waals surface area contributed by atoms with Gasteiger partial charge in [0, 0.05) is 0 Å². The van der Waals surface area contributed by atoms with Crippen LogP contribution >= 0.6 is 15.9 Å². The molecule has 0 unspecified atom stereocenters. The van der Waals surface area contributed by atoms with Crippen molar-refractivity contribution in [2.45, 2.75) is 19.3 Å². The molecular weight excluding hydrogens is 371 g/mol. The molecule has 3 aromatic rings. The number of nitrogens with one attached hydrogen (secondary N) is 1. The van der Waals surface area contributed by atoms with Crippen molar-refractivity contribution < 1.29 is 4.39 Å². The van der Waals surface area contributed by atoms with Crippen molar-refractivity contribution >= 4 is 15.9 Å². The van der Waals surface area contributed by atoms with E-state index >= 15 is 0 Å². The van der Waals surface area contributed by atoms with Crippen LogP contribution in [0.3, 0.4) is 0 Å². The second-order valence-corrected chi connectivity index (χ2v) is 6.36. The summed E-state index contributed by atoms with van der Waals surface area (Å²) in [7, 11) is 0. The molecule has 0 saturated carbocycles. The third-order valence-corrected chi connectivity index (χ3v) is 4.72. The maximum atomic E-state index is 13.4. The second kappa shape index (κ2) is 7.53. The second-order valence-electron chi connectivity index (χ2n) is 5.57. The van der Waals surface area contributed by atoms with E-state index in [1.165, 1.54) is 18.0 Å². The SMILES string of the molecule is O=c1[nH]cnc(CCc2ccccc2Cc2cccc(F)c2)c1Br. The Morgan fingerprint density at radius 3 is 2.62 bits per heavy atom. The molecule has 2 aromatic carbocycles. The lowest BCUT2D eigenvalue weighted by molar-refractivity contribution is 0.626. The van der Waals surface area contributed by atoms with E-state index in [1.54, 1.807) is 12.1 Å². The lowest BCUT2D eigenvalue weighted by Gasteiger charge is -2.10. The molecule has 0 fully saturated rings. The van der Waals surface area contributed by atoms with Gasteiger partial charge in [-0.1, -0.05) is 36.4 Å². The maximum absolute atomic E-state index is 13.4. The number of hydrogen-bond donors (Lipinski definition) is 1. The summed E-state index contributed by atoms with van der Waals surface area (Å²) in [4.78, 5) is 18.4. The van der Waals surface area contributed by atoms with Crippen LogP contribution in [0.2, 0.25) is 0 Å². The number of hydrogen-bond acceptors (Lipinski definition) is 2. The predicted molar refractivity (Wildman–Crippen MR) is 95.6 cm³/mol. The molecule has 1 aromatic heterocycles. The summed E-state index contributed by atoms with van der Waals surface area (Å²) in [5.74, 6) is -0.221. The van der Waals surface area contributed by atoms with Gasteiger partial charge in [0.1, 0.15) is 10.3 Å². The van der Waals surface area contributed by atoms with Crippen LogP contribution in [-0.2, 0) is 19.3 Å². The van der Waals surface area contributed by atoms with Gasteiger partial charge >= 0.3 is 0 Å². The highest BCUT2D eigenvalue weighted by atomic mass is 79.9. The smallest absolute Gasteiger partial charge is 0.265 e. The lowest BCUT2D eigenvalue weighted by atomic mass is 9.96. The van der Waals surface area contributed by atoms with E-state index in [-0.39, 0.29) is 11.4 Å². The minimum atomic E-state index is -0.221. The normalized spacial score (nSPS) is 10.8. The van der Waals surface area contributed by atoms with E-state index < -0.39 is 0 Å². The number of halogens is 2. The number of aromatic nitrogens is 2. The minimum absolute atomic E-state index is 0.173. The standard InChI is InChI=1S/C19H16BrFN2O/c20-18-17(22-12-23-19(18)24)9-8-14-5-1-2-6-15(14)10-13-4-3-7-16(21)11-13/h1-7,11-12H,8-10H2,(H,22,23,24). The number of rotatable bonds is 5. The van der Waals surface area contributed by atoms with E-state index in [4.69, 9.17) is 0 Å². The zero-order valence-electron chi connectivity index (χ0n) is 12.9. The molecule has 1 N–H and O–H groups in total. The topological polar surface area (TPSA) is 45.8 Å². The molecule has 3 rings (SSSR count). The van der Waals surface area contributed by atoms with Crippen LogP contribution in [0, 0.1) is 5.82 Å². The van der Waals surface area contributed by atoms with Crippen LogP contribution in [0.1, 0.15) is 22.4 Å². The zero-order valence-corrected chi connectivity index (χ0v) is 14.5. The molecule has 0 saturated heterocycles. The zero-order chi connectivity index (χ0) is 16.9. The number of nitrogens with zero attached hydrogens (tertiary/aromatic N) is 1. The summed E-state index contributed by atoms with van der Waals surface area (Å²) in [5, 5.41) is 0. The van der Waals surface area contributed by atoms with Crippen molar-refractivity contribution in [3.63, 3.8) is 0 Å². The minimum Gasteiger partial charge on any atom is -0.312 e. The fourth-order valence-electron chi connectivity index (χ4n) is 2.69. The van der Waals surface area contributed by atoms with Crippen LogP contribution in [0.5, 0.6) is 0 Å². The van der Waals surface area contributed by atoms with Crippen molar-refractivity contribution in [1.29, 1.82) is 0 Å². The van der Waals surface area contributed by atoms with Crippen molar-refractivity contribution in [3.05, 3.63) is 97.9 Å². The molecule has 122 valence electrons. The van der Waals surface area contributed by atoms with Crippen molar-refractivity contribution in [3.8, 4) is 0 Å². The largest absolute Gasteiger partial charge is 0.312 e. The van der Waals surface area contributed by atoms with E-state index in [1.807, 2.05) is 18.2 Å². The van der Waals surface area contributed by atoms with E-state index in [0.29, 0.717) is 17.3 Å². The number of H-pyrrole nitrogens is 1. The third-order valence-electron chi connectivity index (χ3n) is 3.90. The van der Waals surface area contributed by atoms with Crippen LogP contribution < -0.4 is 5.56 Å². The van der Waals surface area contributed by atoms with Gasteiger partial charge in [-0.15, -0.1) is 0 Å². The molecule has 0 amide bonds. The van der Waals surface area contributed by atoms with Crippen LogP contribution in [0.4, 0.5) is 4.39 Å². The molecule has 0 spiro atoms. The van der Waals surface area contributed by atoms with Crippen LogP contribution in [0.15, 0.2) is 64.1 Å². The molecular formula is C19H16BrFN2O. The quantitative estimate of drug-likeness (QED) is 0.718. The van der Waals surface area contributed by atoms with E-state index in [2.05, 4.69) is 38.0 Å². The van der Waals surface area contributed by atoms with Gasteiger partial charge in [-0.2, -0.15) is 0 Å². The average Bonchev–Trinajstić information content (AvgIpc) is 2.57. The van der Waals surface area contributed by atoms with Gasteiger partial charge in [-0.25, -0.2) is 9.37 Å². The Kier molecular flexibility index (Phi) is 5.20. The van der Waals surface area contributed by atoms with Gasteiger partial charge < -0.3 is 4.98 Å². The number of benzene rings is 2. The predicted octanol–water partition coefficient (Wildman–Crippen LogP) is 4.05. The molecule has 0 bridgehead atoms. The number of aromatic amines is 1. The van der Waals surface area contributed by atoms with E-state index in [0.717, 1.165) is 23.2 Å². The van der Waals surface area contributed by atoms with Gasteiger partial charge in [0.05, 0.1) is 12.0 Å². The summed E-state index contributed by atoms with van der Waals surface area (Å²) >= 11 is 3.29. The summed E-state index contributed by atoms with van der Waals surface area (Å²) < 4.78 is 13.9. The van der Waals surface area contributed by atoms with Crippen molar-refractivity contribution in [1.82, 2.24) is 9.97 Å². The van der Waals surface area contributed by atoms with Crippen LogP contribution in [-0.4, -0.2) is 9.97 Å². The summed E-state index contributed by atoms with van der Waals surface area (Å²) in [6.45, 7) is 0. The highest BCUT2D eigenvalue weighted by molar-refractivity contribution is 9.10. The summed E-state index contributed by atoms with van der Waals surface area (Å²) in [5.41, 5.74) is 3.84. The van der Waals surface area contributed by atoms with Crippen molar-refractivity contribution in [2.75, 3.05) is 0 Å². The Morgan fingerprint density at radius 2 is 1.83 bits per heavy atom. The lowest BCUT2D eigenvalue weighted by Crippen LogP contribution is -2.11. The Hall–Kier alpha value is -2.27. The highest BCUT2D eigenvalue weighted by Crippen LogP contribution is 2.18. The fourth-order valence-corrected chi connectivity index (χ4v) is 3.10. The molecule has 0 radical (unpaired) electrons. The molecule has 0 aliphatic rings. The fraction of sp³-hybridized carbons (Fsp3) is 0.158. The molecule has 3 nitrogen and oxygen atoms in total.